The van der Waals surface area contributed by atoms with Crippen LogP contribution in [-0.2, 0) is 23.4 Å². The lowest BCUT2D eigenvalue weighted by atomic mass is 9.95. The monoisotopic (exact) mass is 608 g/mol. The van der Waals surface area contributed by atoms with Crippen molar-refractivity contribution in [2.75, 3.05) is 13.2 Å². The van der Waals surface area contributed by atoms with Gasteiger partial charge in [-0.2, -0.15) is 0 Å². The Kier molecular flexibility index (Phi) is 9.29. The Bertz CT molecular complexity index is 1570. The summed E-state index contributed by atoms with van der Waals surface area (Å²) in [6, 6.07) is 16.8. The second-order valence-corrected chi connectivity index (χ2v) is 17.3. The first-order valence-electron chi connectivity index (χ1n) is 14.3. The van der Waals surface area contributed by atoms with E-state index >= 15 is 0 Å². The largest absolute Gasteiger partial charge is 0.459 e. The maximum atomic E-state index is 13.1. The zero-order valence-corrected chi connectivity index (χ0v) is 26.8. The highest BCUT2D eigenvalue weighted by Crippen LogP contribution is 2.43. The van der Waals surface area contributed by atoms with Crippen molar-refractivity contribution in [1.29, 1.82) is 0 Å². The van der Waals surface area contributed by atoms with Crippen molar-refractivity contribution in [3.05, 3.63) is 92.8 Å². The van der Waals surface area contributed by atoms with E-state index in [-0.39, 0.29) is 24.7 Å². The minimum Gasteiger partial charge on any atom is -0.459 e. The third kappa shape index (κ3) is 7.23. The Morgan fingerprint density at radius 1 is 1.05 bits per heavy atom. The molecule has 0 aliphatic carbocycles. The van der Waals surface area contributed by atoms with Gasteiger partial charge in [0, 0.05) is 25.1 Å². The van der Waals surface area contributed by atoms with Crippen LogP contribution in [0.15, 0.2) is 70.4 Å². The fraction of sp³-hybridized carbons (Fsp3) is 0.438. The van der Waals surface area contributed by atoms with E-state index in [1.54, 1.807) is 19.1 Å². The van der Waals surface area contributed by atoms with E-state index in [0.717, 1.165) is 11.1 Å². The summed E-state index contributed by atoms with van der Waals surface area (Å²) in [6.45, 7) is 13.0. The van der Waals surface area contributed by atoms with Crippen molar-refractivity contribution in [3.8, 4) is 11.1 Å². The lowest BCUT2D eigenvalue weighted by Gasteiger charge is -2.40. The normalized spacial score (nSPS) is 20.5. The standard InChI is InChI=1S/C32H40N2O8Si/c1-21-18-34(30(38)33-28(21)36)27-17-32(42-22(2)35,20-40-43(6,7)31(3,4)5)26(41-27)19-39-29(37)25-15-13-24(14-16-25)23-11-9-8-10-12-23/h8-16,18,26-27H,17,19-20H2,1-7H3,(H,33,36,38)/t26-,27+,32-/m1/s1. The van der Waals surface area contributed by atoms with Crippen LogP contribution in [0.1, 0.15) is 56.3 Å². The Morgan fingerprint density at radius 2 is 1.67 bits per heavy atom. The van der Waals surface area contributed by atoms with Crippen LogP contribution in [0, 0.1) is 6.92 Å². The number of hydrogen-bond acceptors (Lipinski definition) is 8. The van der Waals surface area contributed by atoms with E-state index in [4.69, 9.17) is 18.6 Å². The smallest absolute Gasteiger partial charge is 0.338 e. The Hall–Kier alpha value is -3.80. The van der Waals surface area contributed by atoms with Crippen LogP contribution in [0.4, 0.5) is 0 Å². The number of rotatable bonds is 9. The molecule has 1 aliphatic rings. The number of aromatic nitrogens is 2. The second kappa shape index (κ2) is 12.4. The van der Waals surface area contributed by atoms with Gasteiger partial charge in [0.1, 0.15) is 18.9 Å². The SMILES string of the molecule is CC(=O)O[C@@]1(CO[Si](C)(C)C(C)(C)C)C[C@@H](n2cc(C)c(=O)[nH]c2=O)O[C@@H]1COC(=O)c1ccc(-c2ccccc2)cc1. The third-order valence-electron chi connectivity index (χ3n) is 8.31. The molecule has 11 heteroatoms. The van der Waals surface area contributed by atoms with E-state index < -0.39 is 49.4 Å². The highest BCUT2D eigenvalue weighted by Gasteiger charge is 2.54. The van der Waals surface area contributed by atoms with Crippen LogP contribution < -0.4 is 11.2 Å². The highest BCUT2D eigenvalue weighted by atomic mass is 28.4. The lowest BCUT2D eigenvalue weighted by molar-refractivity contribution is -0.172. The average molecular weight is 609 g/mol. The second-order valence-electron chi connectivity index (χ2n) is 12.5. The number of hydrogen-bond donors (Lipinski definition) is 1. The van der Waals surface area contributed by atoms with Crippen LogP contribution in [-0.4, -0.2) is 54.7 Å². The van der Waals surface area contributed by atoms with Crippen LogP contribution in [0.2, 0.25) is 18.1 Å². The van der Waals surface area contributed by atoms with Gasteiger partial charge in [0.05, 0.1) is 12.2 Å². The summed E-state index contributed by atoms with van der Waals surface area (Å²) in [5, 5.41) is -0.135. The summed E-state index contributed by atoms with van der Waals surface area (Å²) < 4.78 is 25.7. The minimum atomic E-state index is -2.33. The molecule has 1 aliphatic heterocycles. The minimum absolute atomic E-state index is 0.0232. The number of ether oxygens (including phenoxy) is 3. The number of esters is 2. The number of carbonyl (C=O) groups excluding carboxylic acids is 2. The molecule has 0 radical (unpaired) electrons. The molecule has 0 saturated carbocycles. The van der Waals surface area contributed by atoms with E-state index in [1.807, 2.05) is 42.5 Å². The zero-order chi connectivity index (χ0) is 31.6. The topological polar surface area (TPSA) is 126 Å². The number of nitrogens with one attached hydrogen (secondary N) is 1. The van der Waals surface area contributed by atoms with Crippen LogP contribution >= 0.6 is 0 Å². The molecule has 0 unspecified atom stereocenters. The van der Waals surface area contributed by atoms with E-state index in [9.17, 15) is 19.2 Å². The maximum absolute atomic E-state index is 13.1. The number of H-pyrrole nitrogens is 1. The summed E-state index contributed by atoms with van der Waals surface area (Å²) >= 11 is 0. The van der Waals surface area contributed by atoms with Gasteiger partial charge >= 0.3 is 17.6 Å². The summed E-state index contributed by atoms with van der Waals surface area (Å²) in [4.78, 5) is 52.6. The first-order chi connectivity index (χ1) is 20.1. The molecule has 1 fully saturated rings. The van der Waals surface area contributed by atoms with Gasteiger partial charge in [-0.05, 0) is 48.3 Å². The molecule has 1 N–H and O–H groups in total. The van der Waals surface area contributed by atoms with E-state index in [2.05, 4.69) is 38.8 Å². The molecular weight excluding hydrogens is 568 g/mol. The molecule has 4 rings (SSSR count). The Morgan fingerprint density at radius 3 is 2.28 bits per heavy atom. The van der Waals surface area contributed by atoms with Crippen molar-refractivity contribution in [3.63, 3.8) is 0 Å². The number of nitrogens with zero attached hydrogens (tertiary/aromatic N) is 1. The van der Waals surface area contributed by atoms with Gasteiger partial charge in [-0.25, -0.2) is 9.59 Å². The lowest BCUT2D eigenvalue weighted by Crippen LogP contribution is -2.53. The summed E-state index contributed by atoms with van der Waals surface area (Å²) in [5.41, 5.74) is 0.0950. The summed E-state index contributed by atoms with van der Waals surface area (Å²) in [5.74, 6) is -1.15. The first kappa shape index (κ1) is 32.1. The van der Waals surface area contributed by atoms with Gasteiger partial charge in [0.15, 0.2) is 13.9 Å². The van der Waals surface area contributed by atoms with Crippen LogP contribution in [0.5, 0.6) is 0 Å². The quantitative estimate of drug-likeness (QED) is 0.266. The molecule has 0 amide bonds. The van der Waals surface area contributed by atoms with Gasteiger partial charge in [0.25, 0.3) is 5.56 Å². The molecule has 1 saturated heterocycles. The van der Waals surface area contributed by atoms with Crippen LogP contribution in [0.3, 0.4) is 0 Å². The third-order valence-corrected chi connectivity index (χ3v) is 12.8. The fourth-order valence-corrected chi connectivity index (χ4v) is 5.74. The molecule has 2 heterocycles. The number of aromatic amines is 1. The van der Waals surface area contributed by atoms with Crippen LogP contribution in [0.25, 0.3) is 11.1 Å². The molecule has 10 nitrogen and oxygen atoms in total. The number of aryl methyl sites for hydroxylation is 1. The molecule has 230 valence electrons. The molecular formula is C32H40N2O8Si. The van der Waals surface area contributed by atoms with Gasteiger partial charge in [-0.15, -0.1) is 0 Å². The molecule has 2 aromatic carbocycles. The van der Waals surface area contributed by atoms with Crippen molar-refractivity contribution in [2.45, 2.75) is 77.1 Å². The van der Waals surface area contributed by atoms with Gasteiger partial charge in [-0.3, -0.25) is 19.1 Å². The molecule has 0 spiro atoms. The predicted molar refractivity (Wildman–Crippen MR) is 164 cm³/mol. The Balaban J connectivity index is 1.62. The summed E-state index contributed by atoms with van der Waals surface area (Å²) in [6.07, 6.45) is -0.431. The van der Waals surface area contributed by atoms with Crippen molar-refractivity contribution in [1.82, 2.24) is 9.55 Å². The molecule has 0 bridgehead atoms. The zero-order valence-electron chi connectivity index (χ0n) is 25.8. The molecule has 3 aromatic rings. The van der Waals surface area contributed by atoms with Crippen molar-refractivity contribution >= 4 is 20.3 Å². The molecule has 43 heavy (non-hydrogen) atoms. The van der Waals surface area contributed by atoms with Gasteiger partial charge in [0.2, 0.25) is 0 Å². The Labute approximate surface area is 252 Å². The summed E-state index contributed by atoms with van der Waals surface area (Å²) in [7, 11) is -2.33. The van der Waals surface area contributed by atoms with Crippen molar-refractivity contribution in [2.24, 2.45) is 0 Å². The van der Waals surface area contributed by atoms with E-state index in [1.165, 1.54) is 17.7 Å². The molecule has 1 aromatic heterocycles. The fourth-order valence-electron chi connectivity index (χ4n) is 4.70. The average Bonchev–Trinajstić information content (AvgIpc) is 3.29. The van der Waals surface area contributed by atoms with Crippen molar-refractivity contribution < 1.29 is 28.2 Å². The number of benzene rings is 2. The highest BCUT2D eigenvalue weighted by molar-refractivity contribution is 6.74. The maximum Gasteiger partial charge on any atom is 0.338 e. The van der Waals surface area contributed by atoms with Gasteiger partial charge in [-0.1, -0.05) is 63.2 Å². The van der Waals surface area contributed by atoms with Gasteiger partial charge < -0.3 is 18.6 Å². The number of carbonyl (C=O) groups is 2. The predicted octanol–water partition coefficient (Wildman–Crippen LogP) is 4.98. The molecule has 3 atom stereocenters. The van der Waals surface area contributed by atoms with E-state index in [0.29, 0.717) is 11.1 Å². The first-order valence-corrected chi connectivity index (χ1v) is 17.2.